The largest absolute Gasteiger partial charge is 0.507 e. The second-order valence-electron chi connectivity index (χ2n) is 8.77. The van der Waals surface area contributed by atoms with Crippen molar-refractivity contribution in [2.75, 3.05) is 5.01 Å². The summed E-state index contributed by atoms with van der Waals surface area (Å²) in [5, 5.41) is 32.8. The van der Waals surface area contributed by atoms with Gasteiger partial charge in [-0.15, -0.1) is 11.3 Å². The molecule has 0 bridgehead atoms. The third-order valence-corrected chi connectivity index (χ3v) is 7.12. The van der Waals surface area contributed by atoms with Gasteiger partial charge in [-0.2, -0.15) is 15.2 Å². The highest BCUT2D eigenvalue weighted by Crippen LogP contribution is 2.35. The van der Waals surface area contributed by atoms with E-state index in [0.29, 0.717) is 21.8 Å². The molecule has 0 saturated heterocycles. The fourth-order valence-corrected chi connectivity index (χ4v) is 4.74. The second kappa shape index (κ2) is 9.47. The smallest absolute Gasteiger partial charge is 0.335 e. The zero-order valence-corrected chi connectivity index (χ0v) is 20.9. The molecular weight excluding hydrogens is 490 g/mol. The minimum absolute atomic E-state index is 0.00796. The van der Waals surface area contributed by atoms with Crippen LogP contribution in [0.25, 0.3) is 5.57 Å². The van der Waals surface area contributed by atoms with E-state index in [0.717, 1.165) is 11.1 Å². The molecule has 1 atom stereocenters. The number of nitrogens with one attached hydrogen (secondary N) is 1. The van der Waals surface area contributed by atoms with Crippen molar-refractivity contribution in [2.24, 2.45) is 10.2 Å². The monoisotopic (exact) mass is 513 g/mol. The SMILES string of the molecule is Cc1ccc(N2N=C(c3nccs3)/C(=N/NC3(C(=O)O)C=CC=C(c4ccccc4O)C3)C2=O)cc1C. The molecule has 37 heavy (non-hydrogen) atoms. The van der Waals surface area contributed by atoms with E-state index in [1.54, 1.807) is 54.1 Å². The number of benzene rings is 2. The van der Waals surface area contributed by atoms with Crippen LogP contribution in [0.3, 0.4) is 0 Å². The minimum atomic E-state index is -1.65. The Morgan fingerprint density at radius 3 is 2.70 bits per heavy atom. The number of anilines is 1. The Bertz CT molecular complexity index is 1520. The molecule has 0 radical (unpaired) electrons. The van der Waals surface area contributed by atoms with Crippen molar-refractivity contribution < 1.29 is 19.8 Å². The maximum absolute atomic E-state index is 13.5. The number of carboxylic acids is 1. The number of rotatable bonds is 6. The standard InChI is InChI=1S/C27H23N5O4S/c1-16-9-10-19(14-17(16)2)32-25(34)23(22(30-32)24-28-12-13-37-24)29-31-27(26(35)36)11-5-6-18(15-27)20-7-3-4-8-21(20)33/h3-14,31,33H,15H2,1-2H3,(H,35,36)/b29-23-. The summed E-state index contributed by atoms with van der Waals surface area (Å²) in [5.74, 6) is -1.64. The molecule has 1 aliphatic heterocycles. The number of aliphatic carboxylic acids is 1. The molecule has 186 valence electrons. The molecule has 0 fully saturated rings. The molecule has 0 spiro atoms. The third-order valence-electron chi connectivity index (χ3n) is 6.34. The van der Waals surface area contributed by atoms with Gasteiger partial charge in [-0.25, -0.2) is 9.78 Å². The van der Waals surface area contributed by atoms with Crippen LogP contribution < -0.4 is 10.4 Å². The van der Waals surface area contributed by atoms with E-state index in [9.17, 15) is 19.8 Å². The van der Waals surface area contributed by atoms with Crippen molar-refractivity contribution in [1.82, 2.24) is 10.4 Å². The van der Waals surface area contributed by atoms with Gasteiger partial charge >= 0.3 is 11.9 Å². The summed E-state index contributed by atoms with van der Waals surface area (Å²) in [6.45, 7) is 3.93. The first-order chi connectivity index (χ1) is 17.8. The first-order valence-corrected chi connectivity index (χ1v) is 12.3. The number of allylic oxidation sites excluding steroid dienone is 2. The Morgan fingerprint density at radius 2 is 2.00 bits per heavy atom. The van der Waals surface area contributed by atoms with Gasteiger partial charge in [-0.05, 0) is 54.8 Å². The van der Waals surface area contributed by atoms with Gasteiger partial charge in [-0.3, -0.25) is 10.2 Å². The summed E-state index contributed by atoms with van der Waals surface area (Å²) in [7, 11) is 0. The summed E-state index contributed by atoms with van der Waals surface area (Å²) in [6.07, 6.45) is 6.41. The average molecular weight is 514 g/mol. The first-order valence-electron chi connectivity index (χ1n) is 11.4. The predicted molar refractivity (Wildman–Crippen MR) is 143 cm³/mol. The van der Waals surface area contributed by atoms with Crippen molar-refractivity contribution in [1.29, 1.82) is 0 Å². The minimum Gasteiger partial charge on any atom is -0.507 e. The number of hydrogen-bond acceptors (Lipinski definition) is 8. The third kappa shape index (κ3) is 4.43. The van der Waals surface area contributed by atoms with Crippen LogP contribution >= 0.6 is 11.3 Å². The van der Waals surface area contributed by atoms with Crippen LogP contribution in [0.1, 0.15) is 28.1 Å². The molecule has 2 aromatic carbocycles. The Kier molecular flexibility index (Phi) is 6.18. The highest BCUT2D eigenvalue weighted by atomic mass is 32.1. The zero-order chi connectivity index (χ0) is 26.2. The number of aromatic nitrogens is 1. The highest BCUT2D eigenvalue weighted by Gasteiger charge is 2.41. The molecule has 1 unspecified atom stereocenters. The van der Waals surface area contributed by atoms with Crippen molar-refractivity contribution in [3.8, 4) is 5.75 Å². The molecule has 0 saturated carbocycles. The molecule has 1 aliphatic carbocycles. The quantitative estimate of drug-likeness (QED) is 0.427. The number of hydrazone groups is 2. The van der Waals surface area contributed by atoms with Crippen LogP contribution in [0, 0.1) is 13.8 Å². The van der Waals surface area contributed by atoms with E-state index in [4.69, 9.17) is 0 Å². The van der Waals surface area contributed by atoms with E-state index >= 15 is 0 Å². The van der Waals surface area contributed by atoms with E-state index in [2.05, 4.69) is 20.6 Å². The molecule has 9 nitrogen and oxygen atoms in total. The number of thiazole rings is 1. The molecular formula is C27H23N5O4S. The zero-order valence-electron chi connectivity index (χ0n) is 20.0. The lowest BCUT2D eigenvalue weighted by Crippen LogP contribution is -2.50. The number of carboxylic acid groups (broad SMARTS) is 1. The second-order valence-corrected chi connectivity index (χ2v) is 9.66. The van der Waals surface area contributed by atoms with Crippen molar-refractivity contribution in [2.45, 2.75) is 25.8 Å². The molecule has 2 heterocycles. The van der Waals surface area contributed by atoms with Crippen molar-refractivity contribution in [3.05, 3.63) is 94.0 Å². The van der Waals surface area contributed by atoms with Crippen LogP contribution in [-0.2, 0) is 9.59 Å². The summed E-state index contributed by atoms with van der Waals surface area (Å²) in [4.78, 5) is 30.3. The van der Waals surface area contributed by atoms with E-state index < -0.39 is 17.4 Å². The van der Waals surface area contributed by atoms with Gasteiger partial charge < -0.3 is 10.2 Å². The van der Waals surface area contributed by atoms with E-state index in [1.165, 1.54) is 22.4 Å². The van der Waals surface area contributed by atoms with Gasteiger partial charge in [0.15, 0.2) is 17.0 Å². The number of phenols is 1. The molecule has 10 heteroatoms. The molecule has 1 amide bonds. The normalized spacial score (nSPS) is 20.2. The summed E-state index contributed by atoms with van der Waals surface area (Å²) >= 11 is 1.30. The van der Waals surface area contributed by atoms with Crippen LogP contribution in [0.5, 0.6) is 5.75 Å². The van der Waals surface area contributed by atoms with Crippen LogP contribution in [0.15, 0.2) is 82.5 Å². The summed E-state index contributed by atoms with van der Waals surface area (Å²) < 4.78 is 0. The van der Waals surface area contributed by atoms with Crippen molar-refractivity contribution in [3.63, 3.8) is 0 Å². The number of aryl methyl sites for hydroxylation is 2. The Labute approximate surface area is 216 Å². The number of amides is 1. The fraction of sp³-hybridized carbons (Fsp3) is 0.148. The van der Waals surface area contributed by atoms with Gasteiger partial charge in [0.05, 0.1) is 5.69 Å². The predicted octanol–water partition coefficient (Wildman–Crippen LogP) is 4.03. The number of carbonyl (C=O) groups is 2. The maximum atomic E-state index is 13.5. The molecule has 3 aromatic rings. The fourth-order valence-electron chi connectivity index (χ4n) is 4.12. The molecule has 5 rings (SSSR count). The Hall–Kier alpha value is -4.57. The Balaban J connectivity index is 1.51. The van der Waals surface area contributed by atoms with Crippen LogP contribution in [-0.4, -0.2) is 44.0 Å². The van der Waals surface area contributed by atoms with Crippen LogP contribution in [0.2, 0.25) is 0 Å². The van der Waals surface area contributed by atoms with Gasteiger partial charge in [0, 0.05) is 23.6 Å². The van der Waals surface area contributed by atoms with Gasteiger partial charge in [-0.1, -0.05) is 36.4 Å². The van der Waals surface area contributed by atoms with Crippen molar-refractivity contribution >= 4 is 45.9 Å². The number of para-hydroxylation sites is 1. The lowest BCUT2D eigenvalue weighted by atomic mass is 9.84. The maximum Gasteiger partial charge on any atom is 0.335 e. The van der Waals surface area contributed by atoms with Gasteiger partial charge in [0.2, 0.25) is 0 Å². The first kappa shape index (κ1) is 24.1. The molecule has 1 aromatic heterocycles. The summed E-state index contributed by atoms with van der Waals surface area (Å²) in [5.41, 5.74) is 5.08. The van der Waals surface area contributed by atoms with E-state index in [1.807, 2.05) is 26.0 Å². The average Bonchev–Trinajstić information content (AvgIpc) is 3.53. The van der Waals surface area contributed by atoms with Gasteiger partial charge in [0.25, 0.3) is 0 Å². The number of hydrogen-bond donors (Lipinski definition) is 3. The molecule has 2 aliphatic rings. The highest BCUT2D eigenvalue weighted by molar-refractivity contribution is 7.13. The lowest BCUT2D eigenvalue weighted by Gasteiger charge is -2.29. The number of phenolic OH excluding ortho intramolecular Hbond substituents is 1. The Morgan fingerprint density at radius 1 is 1.19 bits per heavy atom. The molecule has 3 N–H and O–H groups in total. The summed E-state index contributed by atoms with van der Waals surface area (Å²) in [6, 6.07) is 12.3. The lowest BCUT2D eigenvalue weighted by molar-refractivity contribution is -0.142. The number of nitrogens with zero attached hydrogens (tertiary/aromatic N) is 4. The van der Waals surface area contributed by atoms with Gasteiger partial charge in [0.1, 0.15) is 10.8 Å². The topological polar surface area (TPSA) is 127 Å². The number of aromatic hydroxyl groups is 1. The van der Waals surface area contributed by atoms with E-state index in [-0.39, 0.29) is 23.6 Å². The van der Waals surface area contributed by atoms with Crippen LogP contribution in [0.4, 0.5) is 5.69 Å². The number of carbonyl (C=O) groups excluding carboxylic acids is 1.